The van der Waals surface area contributed by atoms with Gasteiger partial charge in [-0.1, -0.05) is 35.3 Å². The molecule has 0 saturated carbocycles. The molecule has 0 aliphatic rings. The summed E-state index contributed by atoms with van der Waals surface area (Å²) < 4.78 is 4.48. The Kier molecular flexibility index (Phi) is 4.73. The number of hydrogen-bond acceptors (Lipinski definition) is 3. The fraction of sp³-hybridized carbons (Fsp3) is 0.167. The third-order valence-electron chi connectivity index (χ3n) is 2.08. The SMILES string of the molecule is COC(=O)C=C(C(C)=O)c1cccc(Cl)c1Cl. The van der Waals surface area contributed by atoms with Crippen LogP contribution in [0.15, 0.2) is 24.3 Å². The van der Waals surface area contributed by atoms with E-state index in [4.69, 9.17) is 23.2 Å². The molecule has 0 aliphatic carbocycles. The summed E-state index contributed by atoms with van der Waals surface area (Å²) in [5, 5.41) is 0.556. The number of rotatable bonds is 3. The van der Waals surface area contributed by atoms with Gasteiger partial charge in [-0.05, 0) is 13.0 Å². The summed E-state index contributed by atoms with van der Waals surface area (Å²) in [6.45, 7) is 1.34. The fourth-order valence-corrected chi connectivity index (χ4v) is 1.66. The number of halogens is 2. The summed E-state index contributed by atoms with van der Waals surface area (Å²) in [5.41, 5.74) is 0.585. The van der Waals surface area contributed by atoms with Crippen molar-refractivity contribution in [2.24, 2.45) is 0 Å². The number of allylic oxidation sites excluding steroid dienone is 1. The number of benzene rings is 1. The van der Waals surface area contributed by atoms with Crippen LogP contribution < -0.4 is 0 Å². The second-order valence-electron chi connectivity index (χ2n) is 3.24. The zero-order valence-electron chi connectivity index (χ0n) is 9.29. The van der Waals surface area contributed by atoms with Gasteiger partial charge in [0.1, 0.15) is 0 Å². The van der Waals surface area contributed by atoms with Gasteiger partial charge in [-0.3, -0.25) is 4.79 Å². The number of ketones is 1. The monoisotopic (exact) mass is 272 g/mol. The van der Waals surface area contributed by atoms with E-state index in [0.717, 1.165) is 6.08 Å². The maximum atomic E-state index is 11.5. The van der Waals surface area contributed by atoms with Crippen molar-refractivity contribution in [1.82, 2.24) is 0 Å². The smallest absolute Gasteiger partial charge is 0.331 e. The van der Waals surface area contributed by atoms with Gasteiger partial charge in [0, 0.05) is 17.2 Å². The average Bonchev–Trinajstić information content (AvgIpc) is 2.29. The van der Waals surface area contributed by atoms with Crippen molar-refractivity contribution in [1.29, 1.82) is 0 Å². The van der Waals surface area contributed by atoms with Crippen molar-refractivity contribution in [2.45, 2.75) is 6.92 Å². The molecule has 0 bridgehead atoms. The standard InChI is InChI=1S/C12H10Cl2O3/c1-7(15)9(6-11(16)17-2)8-4-3-5-10(13)12(8)14/h3-6H,1-2H3. The van der Waals surface area contributed by atoms with E-state index in [9.17, 15) is 9.59 Å². The number of Topliss-reactive ketones (excluding diaryl/α,β-unsaturated/α-hetero) is 1. The van der Waals surface area contributed by atoms with Crippen LogP contribution in [0.2, 0.25) is 10.0 Å². The van der Waals surface area contributed by atoms with Gasteiger partial charge in [-0.25, -0.2) is 4.79 Å². The van der Waals surface area contributed by atoms with Crippen LogP contribution in [-0.2, 0) is 14.3 Å². The zero-order valence-corrected chi connectivity index (χ0v) is 10.8. The summed E-state index contributed by atoms with van der Waals surface area (Å²) in [7, 11) is 1.23. The van der Waals surface area contributed by atoms with Gasteiger partial charge < -0.3 is 4.74 Å². The Bertz CT molecular complexity index is 493. The fourth-order valence-electron chi connectivity index (χ4n) is 1.26. The Labute approximate surface area is 109 Å². The van der Waals surface area contributed by atoms with Crippen LogP contribution in [0.5, 0.6) is 0 Å². The molecule has 1 aromatic rings. The molecule has 0 saturated heterocycles. The third kappa shape index (κ3) is 3.32. The maximum Gasteiger partial charge on any atom is 0.331 e. The molecule has 1 aromatic carbocycles. The van der Waals surface area contributed by atoms with E-state index in [1.807, 2.05) is 0 Å². The Balaban J connectivity index is 3.34. The highest BCUT2D eigenvalue weighted by atomic mass is 35.5. The maximum absolute atomic E-state index is 11.5. The number of carbonyl (C=O) groups excluding carboxylic acids is 2. The molecule has 0 aromatic heterocycles. The van der Waals surface area contributed by atoms with Crippen LogP contribution in [0.3, 0.4) is 0 Å². The number of ether oxygens (including phenoxy) is 1. The van der Waals surface area contributed by atoms with E-state index in [2.05, 4.69) is 4.74 Å². The van der Waals surface area contributed by atoms with Gasteiger partial charge in [-0.15, -0.1) is 0 Å². The van der Waals surface area contributed by atoms with Crippen molar-refractivity contribution in [3.05, 3.63) is 39.9 Å². The van der Waals surface area contributed by atoms with Gasteiger partial charge in [0.05, 0.1) is 17.2 Å². The Morgan fingerprint density at radius 1 is 1.29 bits per heavy atom. The summed E-state index contributed by atoms with van der Waals surface area (Å²) in [4.78, 5) is 22.7. The van der Waals surface area contributed by atoms with E-state index in [1.54, 1.807) is 18.2 Å². The minimum atomic E-state index is -0.619. The summed E-state index contributed by atoms with van der Waals surface area (Å²) in [5.74, 6) is -0.911. The van der Waals surface area contributed by atoms with Crippen LogP contribution in [0, 0.1) is 0 Å². The third-order valence-corrected chi connectivity index (χ3v) is 2.90. The molecule has 0 radical (unpaired) electrons. The lowest BCUT2D eigenvalue weighted by Gasteiger charge is -2.07. The van der Waals surface area contributed by atoms with E-state index in [0.29, 0.717) is 10.6 Å². The average molecular weight is 273 g/mol. The molecular weight excluding hydrogens is 263 g/mol. The minimum Gasteiger partial charge on any atom is -0.466 e. The van der Waals surface area contributed by atoms with Gasteiger partial charge >= 0.3 is 5.97 Å². The Morgan fingerprint density at radius 2 is 1.94 bits per heavy atom. The molecule has 0 unspecified atom stereocenters. The lowest BCUT2D eigenvalue weighted by atomic mass is 10.0. The molecular formula is C12H10Cl2O3. The highest BCUT2D eigenvalue weighted by Gasteiger charge is 2.14. The van der Waals surface area contributed by atoms with E-state index in [1.165, 1.54) is 14.0 Å². The Hall–Kier alpha value is -1.32. The number of hydrogen-bond donors (Lipinski definition) is 0. The first-order chi connectivity index (χ1) is 7.97. The summed E-state index contributed by atoms with van der Waals surface area (Å²) >= 11 is 11.8. The molecule has 0 N–H and O–H groups in total. The Morgan fingerprint density at radius 3 is 2.47 bits per heavy atom. The molecule has 3 nitrogen and oxygen atoms in total. The minimum absolute atomic E-state index is 0.171. The molecule has 90 valence electrons. The van der Waals surface area contributed by atoms with Crippen molar-refractivity contribution in [3.63, 3.8) is 0 Å². The van der Waals surface area contributed by atoms with Gasteiger partial charge in [-0.2, -0.15) is 0 Å². The lowest BCUT2D eigenvalue weighted by Crippen LogP contribution is -2.03. The number of carbonyl (C=O) groups is 2. The van der Waals surface area contributed by atoms with Crippen molar-refractivity contribution >= 4 is 40.5 Å². The molecule has 0 amide bonds. The quantitative estimate of drug-likeness (QED) is 0.627. The van der Waals surface area contributed by atoms with Gasteiger partial charge in [0.2, 0.25) is 0 Å². The number of methoxy groups -OCH3 is 1. The van der Waals surface area contributed by atoms with Crippen molar-refractivity contribution < 1.29 is 14.3 Å². The van der Waals surface area contributed by atoms with E-state index in [-0.39, 0.29) is 16.4 Å². The topological polar surface area (TPSA) is 43.4 Å². The predicted molar refractivity (Wildman–Crippen MR) is 67.1 cm³/mol. The van der Waals surface area contributed by atoms with E-state index >= 15 is 0 Å². The van der Waals surface area contributed by atoms with Gasteiger partial charge in [0.25, 0.3) is 0 Å². The molecule has 0 aliphatic heterocycles. The molecule has 0 atom stereocenters. The number of esters is 1. The predicted octanol–water partition coefficient (Wildman–Crippen LogP) is 3.14. The second kappa shape index (κ2) is 5.84. The first-order valence-corrected chi connectivity index (χ1v) is 5.48. The molecule has 0 heterocycles. The highest BCUT2D eigenvalue weighted by Crippen LogP contribution is 2.30. The van der Waals surface area contributed by atoms with Gasteiger partial charge in [0.15, 0.2) is 5.78 Å². The molecule has 5 heteroatoms. The van der Waals surface area contributed by atoms with E-state index < -0.39 is 5.97 Å². The van der Waals surface area contributed by atoms with Crippen molar-refractivity contribution in [2.75, 3.05) is 7.11 Å². The highest BCUT2D eigenvalue weighted by molar-refractivity contribution is 6.44. The molecule has 0 spiro atoms. The largest absolute Gasteiger partial charge is 0.466 e. The first kappa shape index (κ1) is 13.7. The normalized spacial score (nSPS) is 11.2. The van der Waals surface area contributed by atoms with Crippen LogP contribution in [-0.4, -0.2) is 18.9 Å². The lowest BCUT2D eigenvalue weighted by molar-refractivity contribution is -0.135. The second-order valence-corrected chi connectivity index (χ2v) is 4.02. The molecule has 0 fully saturated rings. The van der Waals surface area contributed by atoms with Crippen LogP contribution in [0.4, 0.5) is 0 Å². The molecule has 1 rings (SSSR count). The van der Waals surface area contributed by atoms with Crippen LogP contribution >= 0.6 is 23.2 Å². The van der Waals surface area contributed by atoms with Crippen LogP contribution in [0.25, 0.3) is 5.57 Å². The van der Waals surface area contributed by atoms with Crippen LogP contribution in [0.1, 0.15) is 12.5 Å². The zero-order chi connectivity index (χ0) is 13.0. The first-order valence-electron chi connectivity index (χ1n) is 4.72. The van der Waals surface area contributed by atoms with Crippen molar-refractivity contribution in [3.8, 4) is 0 Å². The summed E-state index contributed by atoms with van der Waals surface area (Å²) in [6, 6.07) is 4.87. The molecule has 17 heavy (non-hydrogen) atoms. The summed E-state index contributed by atoms with van der Waals surface area (Å²) in [6.07, 6.45) is 1.10.